The van der Waals surface area contributed by atoms with Crippen LogP contribution in [0, 0.1) is 5.82 Å². The minimum absolute atomic E-state index is 0.202. The molecule has 0 spiro atoms. The van der Waals surface area contributed by atoms with Crippen LogP contribution in [0.2, 0.25) is 0 Å². The van der Waals surface area contributed by atoms with Gasteiger partial charge in [-0.25, -0.2) is 9.37 Å². The van der Waals surface area contributed by atoms with Crippen molar-refractivity contribution in [2.75, 3.05) is 6.54 Å². The average molecular weight is 353 g/mol. The van der Waals surface area contributed by atoms with Crippen LogP contribution in [0.3, 0.4) is 0 Å². The van der Waals surface area contributed by atoms with Crippen molar-refractivity contribution in [2.45, 2.75) is 44.4 Å². The maximum atomic E-state index is 13.2. The first-order chi connectivity index (χ1) is 12.7. The summed E-state index contributed by atoms with van der Waals surface area (Å²) >= 11 is 0. The standard InChI is InChI=1S/C21H24FN3O/c22-17-8-5-15(6-9-17)16-7-10-18-20(13-16)25(14-24-18)12-2-3-19-21(26)4-1-11-23-19/h5-10,13-14,19,21,23,26H,1-4,11-12H2/t19-,21+/m1/s1. The van der Waals surface area contributed by atoms with Gasteiger partial charge in [0.25, 0.3) is 0 Å². The first-order valence-corrected chi connectivity index (χ1v) is 9.33. The molecule has 2 aromatic carbocycles. The number of rotatable bonds is 5. The summed E-state index contributed by atoms with van der Waals surface area (Å²) in [5.41, 5.74) is 4.11. The number of aliphatic hydroxyl groups is 1. The fourth-order valence-electron chi connectivity index (χ4n) is 3.77. The molecule has 4 nitrogen and oxygen atoms in total. The smallest absolute Gasteiger partial charge is 0.123 e. The van der Waals surface area contributed by atoms with Crippen LogP contribution < -0.4 is 5.32 Å². The predicted octanol–water partition coefficient (Wildman–Crippen LogP) is 3.74. The lowest BCUT2D eigenvalue weighted by Gasteiger charge is -2.29. The quantitative estimate of drug-likeness (QED) is 0.735. The van der Waals surface area contributed by atoms with Gasteiger partial charge in [-0.1, -0.05) is 18.2 Å². The highest BCUT2D eigenvalue weighted by Crippen LogP contribution is 2.25. The molecule has 0 aliphatic carbocycles. The summed E-state index contributed by atoms with van der Waals surface area (Å²) in [5.74, 6) is -0.224. The number of aromatic nitrogens is 2. The van der Waals surface area contributed by atoms with E-state index < -0.39 is 0 Å². The van der Waals surface area contributed by atoms with E-state index in [0.717, 1.165) is 60.9 Å². The number of aryl methyl sites for hydroxylation is 1. The van der Waals surface area contributed by atoms with Crippen LogP contribution in [0.25, 0.3) is 22.2 Å². The molecule has 5 heteroatoms. The number of fused-ring (bicyclic) bond motifs is 1. The lowest BCUT2D eigenvalue weighted by Crippen LogP contribution is -2.44. The van der Waals surface area contributed by atoms with Crippen molar-refractivity contribution in [3.8, 4) is 11.1 Å². The number of benzene rings is 2. The molecule has 2 heterocycles. The van der Waals surface area contributed by atoms with E-state index in [1.807, 2.05) is 18.5 Å². The van der Waals surface area contributed by atoms with Gasteiger partial charge >= 0.3 is 0 Å². The molecule has 1 aliphatic heterocycles. The van der Waals surface area contributed by atoms with Gasteiger partial charge in [0.05, 0.1) is 23.5 Å². The molecule has 0 radical (unpaired) electrons. The number of hydrogen-bond donors (Lipinski definition) is 2. The Bertz CT molecular complexity index is 875. The zero-order valence-corrected chi connectivity index (χ0v) is 14.7. The molecule has 4 rings (SSSR count). The fraction of sp³-hybridized carbons (Fsp3) is 0.381. The Hall–Kier alpha value is -2.24. The highest BCUT2D eigenvalue weighted by atomic mass is 19.1. The molecule has 1 saturated heterocycles. The van der Waals surface area contributed by atoms with Crippen molar-refractivity contribution >= 4 is 11.0 Å². The Morgan fingerprint density at radius 3 is 2.77 bits per heavy atom. The van der Waals surface area contributed by atoms with Gasteiger partial charge in [-0.3, -0.25) is 0 Å². The molecule has 1 aromatic heterocycles. The third kappa shape index (κ3) is 3.64. The molecule has 26 heavy (non-hydrogen) atoms. The number of aliphatic hydroxyl groups excluding tert-OH is 1. The third-order valence-electron chi connectivity index (χ3n) is 5.26. The molecule has 0 amide bonds. The summed E-state index contributed by atoms with van der Waals surface area (Å²) < 4.78 is 15.3. The second-order valence-corrected chi connectivity index (χ2v) is 7.06. The Labute approximate surface area is 152 Å². The van der Waals surface area contributed by atoms with Crippen LogP contribution in [0.15, 0.2) is 48.8 Å². The largest absolute Gasteiger partial charge is 0.392 e. The number of piperidine rings is 1. The lowest BCUT2D eigenvalue weighted by atomic mass is 9.97. The van der Waals surface area contributed by atoms with Crippen molar-refractivity contribution in [1.29, 1.82) is 0 Å². The van der Waals surface area contributed by atoms with E-state index in [2.05, 4.69) is 20.9 Å². The Balaban J connectivity index is 1.48. The molecule has 0 bridgehead atoms. The number of halogens is 1. The van der Waals surface area contributed by atoms with Gasteiger partial charge < -0.3 is 15.0 Å². The second kappa shape index (κ2) is 7.56. The monoisotopic (exact) mass is 353 g/mol. The van der Waals surface area contributed by atoms with Crippen molar-refractivity contribution in [1.82, 2.24) is 14.9 Å². The van der Waals surface area contributed by atoms with Gasteiger partial charge in [0.2, 0.25) is 0 Å². The Kier molecular flexibility index (Phi) is 5.00. The normalized spacial score (nSPS) is 20.5. The van der Waals surface area contributed by atoms with Crippen LogP contribution in [0.5, 0.6) is 0 Å². The second-order valence-electron chi connectivity index (χ2n) is 7.06. The maximum absolute atomic E-state index is 13.2. The number of imidazole rings is 1. The molecule has 3 aromatic rings. The van der Waals surface area contributed by atoms with Crippen LogP contribution in [0.4, 0.5) is 4.39 Å². The summed E-state index contributed by atoms with van der Waals surface area (Å²) in [6.07, 6.45) is 5.54. The Morgan fingerprint density at radius 1 is 1.15 bits per heavy atom. The van der Waals surface area contributed by atoms with Gasteiger partial charge in [-0.15, -0.1) is 0 Å². The minimum atomic E-state index is -0.228. The zero-order valence-electron chi connectivity index (χ0n) is 14.7. The van der Waals surface area contributed by atoms with Crippen molar-refractivity contribution < 1.29 is 9.50 Å². The lowest BCUT2D eigenvalue weighted by molar-refractivity contribution is 0.0909. The van der Waals surface area contributed by atoms with Gasteiger partial charge in [0.15, 0.2) is 0 Å². The summed E-state index contributed by atoms with van der Waals surface area (Å²) in [7, 11) is 0. The van der Waals surface area contributed by atoms with Crippen molar-refractivity contribution in [3.63, 3.8) is 0 Å². The van der Waals surface area contributed by atoms with Gasteiger partial charge in [0.1, 0.15) is 5.82 Å². The highest BCUT2D eigenvalue weighted by molar-refractivity contribution is 5.82. The van der Waals surface area contributed by atoms with E-state index in [-0.39, 0.29) is 18.0 Å². The van der Waals surface area contributed by atoms with Crippen LogP contribution in [-0.4, -0.2) is 33.3 Å². The van der Waals surface area contributed by atoms with E-state index in [4.69, 9.17) is 0 Å². The Morgan fingerprint density at radius 2 is 1.96 bits per heavy atom. The predicted molar refractivity (Wildman–Crippen MR) is 101 cm³/mol. The van der Waals surface area contributed by atoms with E-state index in [9.17, 15) is 9.50 Å². The van der Waals surface area contributed by atoms with Crippen LogP contribution in [0.1, 0.15) is 25.7 Å². The summed E-state index contributed by atoms with van der Waals surface area (Å²) in [5, 5.41) is 13.5. The summed E-state index contributed by atoms with van der Waals surface area (Å²) in [4.78, 5) is 4.49. The van der Waals surface area contributed by atoms with E-state index in [1.54, 1.807) is 12.1 Å². The number of hydrogen-bond acceptors (Lipinski definition) is 3. The highest BCUT2D eigenvalue weighted by Gasteiger charge is 2.21. The average Bonchev–Trinajstić information content (AvgIpc) is 3.06. The SMILES string of the molecule is O[C@H]1CCCN[C@@H]1CCCn1cnc2ccc(-c3ccc(F)cc3)cc21. The summed E-state index contributed by atoms with van der Waals surface area (Å²) in [6.45, 7) is 1.87. The van der Waals surface area contributed by atoms with E-state index >= 15 is 0 Å². The number of nitrogens with one attached hydrogen (secondary N) is 1. The molecular formula is C21H24FN3O. The van der Waals surface area contributed by atoms with Gasteiger partial charge in [0, 0.05) is 12.6 Å². The first kappa shape index (κ1) is 17.2. The van der Waals surface area contributed by atoms with E-state index in [0.29, 0.717) is 0 Å². The van der Waals surface area contributed by atoms with Gasteiger partial charge in [-0.2, -0.15) is 0 Å². The molecule has 1 aliphatic rings. The molecule has 1 fully saturated rings. The van der Waals surface area contributed by atoms with Crippen LogP contribution >= 0.6 is 0 Å². The molecular weight excluding hydrogens is 329 g/mol. The molecule has 0 saturated carbocycles. The molecule has 136 valence electrons. The first-order valence-electron chi connectivity index (χ1n) is 9.33. The summed E-state index contributed by atoms with van der Waals surface area (Å²) in [6, 6.07) is 12.9. The molecule has 0 unspecified atom stereocenters. The third-order valence-corrected chi connectivity index (χ3v) is 5.26. The fourth-order valence-corrected chi connectivity index (χ4v) is 3.77. The molecule has 2 N–H and O–H groups in total. The maximum Gasteiger partial charge on any atom is 0.123 e. The minimum Gasteiger partial charge on any atom is -0.392 e. The van der Waals surface area contributed by atoms with Crippen molar-refractivity contribution in [3.05, 3.63) is 54.6 Å². The van der Waals surface area contributed by atoms with E-state index in [1.165, 1.54) is 12.1 Å². The van der Waals surface area contributed by atoms with Crippen LogP contribution in [-0.2, 0) is 6.54 Å². The van der Waals surface area contributed by atoms with Crippen molar-refractivity contribution in [2.24, 2.45) is 0 Å². The molecule has 2 atom stereocenters. The topological polar surface area (TPSA) is 50.1 Å². The van der Waals surface area contributed by atoms with Gasteiger partial charge in [-0.05, 0) is 67.6 Å². The zero-order chi connectivity index (χ0) is 17.9. The number of nitrogens with zero attached hydrogens (tertiary/aromatic N) is 2.